The summed E-state index contributed by atoms with van der Waals surface area (Å²) in [6, 6.07) is 5.11. The molecule has 0 aliphatic heterocycles. The third-order valence-corrected chi connectivity index (χ3v) is 2.02. The summed E-state index contributed by atoms with van der Waals surface area (Å²) >= 11 is 0. The SMILES string of the molecule is NC(=O)c1ccc(N)c2cc[nH]c12. The number of benzene rings is 1. The Morgan fingerprint density at radius 2 is 2.08 bits per heavy atom. The van der Waals surface area contributed by atoms with Gasteiger partial charge in [0.15, 0.2) is 0 Å². The van der Waals surface area contributed by atoms with Crippen LogP contribution in [0.4, 0.5) is 5.69 Å². The van der Waals surface area contributed by atoms with Gasteiger partial charge in [-0.3, -0.25) is 4.79 Å². The number of hydrogen-bond acceptors (Lipinski definition) is 2. The quantitative estimate of drug-likeness (QED) is 0.561. The van der Waals surface area contributed by atoms with E-state index in [1.54, 1.807) is 18.3 Å². The summed E-state index contributed by atoms with van der Waals surface area (Å²) in [4.78, 5) is 13.9. The summed E-state index contributed by atoms with van der Waals surface area (Å²) in [6.45, 7) is 0. The van der Waals surface area contributed by atoms with Crippen molar-refractivity contribution in [2.45, 2.75) is 0 Å². The molecule has 4 heteroatoms. The lowest BCUT2D eigenvalue weighted by atomic mass is 10.1. The van der Waals surface area contributed by atoms with E-state index < -0.39 is 5.91 Å². The molecular formula is C9H9N3O. The van der Waals surface area contributed by atoms with Crippen molar-refractivity contribution in [3.05, 3.63) is 30.0 Å². The second-order valence-electron chi connectivity index (χ2n) is 2.83. The van der Waals surface area contributed by atoms with Crippen molar-refractivity contribution in [2.75, 3.05) is 5.73 Å². The molecule has 1 heterocycles. The third-order valence-electron chi connectivity index (χ3n) is 2.02. The summed E-state index contributed by atoms with van der Waals surface area (Å²) in [5.41, 5.74) is 12.7. The van der Waals surface area contributed by atoms with Crippen molar-refractivity contribution in [2.24, 2.45) is 5.73 Å². The zero-order valence-electron chi connectivity index (χ0n) is 6.87. The van der Waals surface area contributed by atoms with E-state index in [0.29, 0.717) is 16.8 Å². The van der Waals surface area contributed by atoms with E-state index in [-0.39, 0.29) is 0 Å². The van der Waals surface area contributed by atoms with Crippen LogP contribution in [0.2, 0.25) is 0 Å². The normalized spacial score (nSPS) is 10.5. The first-order chi connectivity index (χ1) is 6.20. The molecule has 1 aromatic heterocycles. The number of anilines is 1. The first-order valence-corrected chi connectivity index (χ1v) is 3.85. The number of nitrogens with one attached hydrogen (secondary N) is 1. The number of aromatic amines is 1. The number of hydrogen-bond donors (Lipinski definition) is 3. The fraction of sp³-hybridized carbons (Fsp3) is 0. The Morgan fingerprint density at radius 3 is 2.77 bits per heavy atom. The molecule has 5 N–H and O–H groups in total. The van der Waals surface area contributed by atoms with Crippen LogP contribution in [0.3, 0.4) is 0 Å². The molecule has 0 bridgehead atoms. The number of nitrogens with two attached hydrogens (primary N) is 2. The molecule has 0 atom stereocenters. The van der Waals surface area contributed by atoms with Crippen LogP contribution in [0.5, 0.6) is 0 Å². The van der Waals surface area contributed by atoms with E-state index in [1.807, 2.05) is 6.07 Å². The number of aromatic nitrogens is 1. The van der Waals surface area contributed by atoms with Crippen molar-refractivity contribution in [1.82, 2.24) is 4.98 Å². The number of nitrogen functional groups attached to an aromatic ring is 1. The van der Waals surface area contributed by atoms with Gasteiger partial charge in [0.05, 0.1) is 11.1 Å². The van der Waals surface area contributed by atoms with Crippen LogP contribution in [-0.4, -0.2) is 10.9 Å². The van der Waals surface area contributed by atoms with E-state index >= 15 is 0 Å². The summed E-state index contributed by atoms with van der Waals surface area (Å²) in [5, 5.41) is 0.830. The Balaban J connectivity index is 2.86. The van der Waals surface area contributed by atoms with Gasteiger partial charge in [0.25, 0.3) is 5.91 Å². The highest BCUT2D eigenvalue weighted by atomic mass is 16.1. The van der Waals surface area contributed by atoms with Gasteiger partial charge in [-0.2, -0.15) is 0 Å². The second kappa shape index (κ2) is 2.52. The van der Waals surface area contributed by atoms with E-state index in [2.05, 4.69) is 4.98 Å². The molecule has 2 aromatic rings. The van der Waals surface area contributed by atoms with Crippen LogP contribution in [0.25, 0.3) is 10.9 Å². The molecule has 13 heavy (non-hydrogen) atoms. The fourth-order valence-electron chi connectivity index (χ4n) is 1.38. The second-order valence-corrected chi connectivity index (χ2v) is 2.83. The van der Waals surface area contributed by atoms with Crippen molar-refractivity contribution in [1.29, 1.82) is 0 Å². The minimum absolute atomic E-state index is 0.451. The van der Waals surface area contributed by atoms with Gasteiger partial charge in [-0.1, -0.05) is 0 Å². The van der Waals surface area contributed by atoms with Crippen LogP contribution in [-0.2, 0) is 0 Å². The Morgan fingerprint density at radius 1 is 1.31 bits per heavy atom. The summed E-state index contributed by atoms with van der Waals surface area (Å²) < 4.78 is 0. The van der Waals surface area contributed by atoms with Gasteiger partial charge in [0.2, 0.25) is 0 Å². The molecule has 0 aliphatic rings. The van der Waals surface area contributed by atoms with Gasteiger partial charge >= 0.3 is 0 Å². The Kier molecular flexibility index (Phi) is 1.48. The zero-order valence-corrected chi connectivity index (χ0v) is 6.87. The number of primary amides is 1. The molecule has 1 amide bonds. The highest BCUT2D eigenvalue weighted by Crippen LogP contribution is 2.22. The van der Waals surface area contributed by atoms with E-state index in [1.165, 1.54) is 0 Å². The molecule has 4 nitrogen and oxygen atoms in total. The molecule has 0 unspecified atom stereocenters. The van der Waals surface area contributed by atoms with Crippen LogP contribution in [0.1, 0.15) is 10.4 Å². The number of amides is 1. The van der Waals surface area contributed by atoms with Crippen LogP contribution >= 0.6 is 0 Å². The summed E-state index contributed by atoms with van der Waals surface area (Å²) in [5.74, 6) is -0.451. The molecule has 0 saturated heterocycles. The topological polar surface area (TPSA) is 84.9 Å². The molecule has 0 radical (unpaired) electrons. The zero-order chi connectivity index (χ0) is 9.42. The van der Waals surface area contributed by atoms with Gasteiger partial charge in [-0.05, 0) is 18.2 Å². The molecule has 0 spiro atoms. The summed E-state index contributed by atoms with van der Waals surface area (Å²) in [7, 11) is 0. The average molecular weight is 175 g/mol. The Bertz CT molecular complexity index is 473. The monoisotopic (exact) mass is 175 g/mol. The van der Waals surface area contributed by atoms with Crippen molar-refractivity contribution in [3.63, 3.8) is 0 Å². The lowest BCUT2D eigenvalue weighted by Gasteiger charge is -2.00. The lowest BCUT2D eigenvalue weighted by Crippen LogP contribution is -2.11. The predicted octanol–water partition coefficient (Wildman–Crippen LogP) is 0.849. The largest absolute Gasteiger partial charge is 0.398 e. The molecule has 0 saturated carbocycles. The van der Waals surface area contributed by atoms with E-state index in [9.17, 15) is 4.79 Å². The van der Waals surface area contributed by atoms with Crippen LogP contribution in [0.15, 0.2) is 24.4 Å². The smallest absolute Gasteiger partial charge is 0.250 e. The first-order valence-electron chi connectivity index (χ1n) is 3.85. The molecule has 0 aliphatic carbocycles. The van der Waals surface area contributed by atoms with E-state index in [4.69, 9.17) is 11.5 Å². The number of H-pyrrole nitrogens is 1. The standard InChI is InChI=1S/C9H9N3O/c10-7-2-1-6(9(11)13)8-5(7)3-4-12-8/h1-4,12H,10H2,(H2,11,13). The average Bonchev–Trinajstić information content (AvgIpc) is 2.53. The number of carbonyl (C=O) groups excluding carboxylic acids is 1. The van der Waals surface area contributed by atoms with Gasteiger partial charge in [0.1, 0.15) is 0 Å². The van der Waals surface area contributed by atoms with Crippen molar-refractivity contribution in [3.8, 4) is 0 Å². The minimum atomic E-state index is -0.451. The highest BCUT2D eigenvalue weighted by Gasteiger charge is 2.08. The lowest BCUT2D eigenvalue weighted by molar-refractivity contribution is 0.100. The van der Waals surface area contributed by atoms with Gasteiger partial charge in [0, 0.05) is 17.3 Å². The maximum atomic E-state index is 11.0. The van der Waals surface area contributed by atoms with Crippen molar-refractivity contribution < 1.29 is 4.79 Å². The highest BCUT2D eigenvalue weighted by molar-refractivity contribution is 6.07. The number of rotatable bonds is 1. The molecule has 1 aromatic carbocycles. The fourth-order valence-corrected chi connectivity index (χ4v) is 1.38. The first kappa shape index (κ1) is 7.67. The number of carbonyl (C=O) groups is 1. The van der Waals surface area contributed by atoms with Gasteiger partial charge in [-0.15, -0.1) is 0 Å². The molecule has 0 fully saturated rings. The van der Waals surface area contributed by atoms with Crippen molar-refractivity contribution >= 4 is 22.5 Å². The third kappa shape index (κ3) is 1.03. The Hall–Kier alpha value is -1.97. The maximum Gasteiger partial charge on any atom is 0.250 e. The molecular weight excluding hydrogens is 166 g/mol. The number of fused-ring (bicyclic) bond motifs is 1. The van der Waals surface area contributed by atoms with E-state index in [0.717, 1.165) is 5.39 Å². The summed E-state index contributed by atoms with van der Waals surface area (Å²) in [6.07, 6.45) is 1.73. The van der Waals surface area contributed by atoms with Crippen LogP contribution in [0, 0.1) is 0 Å². The van der Waals surface area contributed by atoms with Gasteiger partial charge < -0.3 is 16.5 Å². The van der Waals surface area contributed by atoms with Crippen LogP contribution < -0.4 is 11.5 Å². The molecule has 2 rings (SSSR count). The maximum absolute atomic E-state index is 11.0. The Labute approximate surface area is 74.5 Å². The predicted molar refractivity (Wildman–Crippen MR) is 51.2 cm³/mol. The minimum Gasteiger partial charge on any atom is -0.398 e. The molecule has 66 valence electrons. The van der Waals surface area contributed by atoms with Gasteiger partial charge in [-0.25, -0.2) is 0 Å².